The molecule has 1 fully saturated rings. The number of pyridine rings is 1. The quantitative estimate of drug-likeness (QED) is 0.306. The first-order chi connectivity index (χ1) is 20.3. The first-order valence-corrected chi connectivity index (χ1v) is 13.5. The van der Waals surface area contributed by atoms with Gasteiger partial charge in [0.1, 0.15) is 16.8 Å². The molecule has 0 unspecified atom stereocenters. The fraction of sp³-hybridized carbons (Fsp3) is 0.517. The van der Waals surface area contributed by atoms with Crippen LogP contribution in [0.4, 0.5) is 35.5 Å². The Hall–Kier alpha value is -3.79. The third kappa shape index (κ3) is 5.96. The SMILES string of the molecule is CC(C)(C)OC(=O)N1CC(C)([C@](O)(c2ccc(C(F)(C(F)(F)F)C(F)(F)F)cc2)c2cncc(-c3noc(C(C)(C)O)n3)c2)C1. The van der Waals surface area contributed by atoms with Crippen LogP contribution in [0.3, 0.4) is 0 Å². The van der Waals surface area contributed by atoms with Crippen LogP contribution in [0.15, 0.2) is 47.2 Å². The third-order valence-electron chi connectivity index (χ3n) is 7.45. The van der Waals surface area contributed by atoms with Crippen molar-refractivity contribution < 1.29 is 55.0 Å². The van der Waals surface area contributed by atoms with Gasteiger partial charge in [-0.25, -0.2) is 9.18 Å². The number of alkyl halides is 7. The Labute approximate surface area is 253 Å². The molecule has 246 valence electrons. The van der Waals surface area contributed by atoms with Gasteiger partial charge >= 0.3 is 24.1 Å². The predicted molar refractivity (Wildman–Crippen MR) is 143 cm³/mol. The van der Waals surface area contributed by atoms with Crippen LogP contribution in [0, 0.1) is 5.41 Å². The van der Waals surface area contributed by atoms with Crippen LogP contribution in [0.1, 0.15) is 64.1 Å². The summed E-state index contributed by atoms with van der Waals surface area (Å²) in [6.07, 6.45) is -10.9. The number of aromatic nitrogens is 3. The van der Waals surface area contributed by atoms with Crippen molar-refractivity contribution in [3.63, 3.8) is 0 Å². The number of nitrogens with zero attached hydrogens (tertiary/aromatic N) is 4. The highest BCUT2D eigenvalue weighted by Gasteiger charge is 2.73. The molecule has 2 aromatic heterocycles. The molecule has 1 aliphatic rings. The third-order valence-corrected chi connectivity index (χ3v) is 7.45. The zero-order valence-corrected chi connectivity index (χ0v) is 25.0. The first kappa shape index (κ1) is 34.1. The molecule has 1 saturated heterocycles. The van der Waals surface area contributed by atoms with Gasteiger partial charge < -0.3 is 24.4 Å². The summed E-state index contributed by atoms with van der Waals surface area (Å²) in [5.74, 6) is -0.192. The average molecular weight is 649 g/mol. The largest absolute Gasteiger partial charge is 0.444 e. The van der Waals surface area contributed by atoms with E-state index in [0.717, 1.165) is 12.1 Å². The number of hydrogen-bond acceptors (Lipinski definition) is 8. The van der Waals surface area contributed by atoms with Gasteiger partial charge in [-0.15, -0.1) is 0 Å². The Kier molecular flexibility index (Phi) is 8.06. The number of likely N-dealkylation sites (tertiary alicyclic amines) is 1. The summed E-state index contributed by atoms with van der Waals surface area (Å²) in [4.78, 5) is 22.2. The molecular weight excluding hydrogens is 617 g/mol. The molecule has 0 bridgehead atoms. The van der Waals surface area contributed by atoms with Gasteiger partial charge in [0.2, 0.25) is 5.82 Å². The minimum atomic E-state index is -6.33. The second-order valence-electron chi connectivity index (χ2n) is 12.8. The van der Waals surface area contributed by atoms with Crippen molar-refractivity contribution in [3.8, 4) is 11.4 Å². The van der Waals surface area contributed by atoms with E-state index in [2.05, 4.69) is 15.1 Å². The molecule has 1 atom stereocenters. The highest BCUT2D eigenvalue weighted by molar-refractivity contribution is 5.70. The second-order valence-corrected chi connectivity index (χ2v) is 12.8. The average Bonchev–Trinajstić information content (AvgIpc) is 3.39. The standard InChI is InChI=1S/C29H31F7N4O5/c1-23(2,3)44-22(41)40-14-25(6,15-40)26(43,17-7-9-18(10-8-17)27(30,28(31,32)33)29(34,35)36)19-11-16(12-37-13-19)20-38-21(45-39-20)24(4,5)42/h7-13,42-43H,14-15H2,1-6H3/t26-/m0/s1. The van der Waals surface area contributed by atoms with E-state index in [0.29, 0.717) is 12.1 Å². The van der Waals surface area contributed by atoms with Gasteiger partial charge in [0.15, 0.2) is 0 Å². The minimum absolute atomic E-state index is 0.00754. The summed E-state index contributed by atoms with van der Waals surface area (Å²) in [7, 11) is 0. The topological polar surface area (TPSA) is 122 Å². The minimum Gasteiger partial charge on any atom is -0.444 e. The van der Waals surface area contributed by atoms with E-state index in [9.17, 15) is 45.7 Å². The van der Waals surface area contributed by atoms with E-state index < -0.39 is 51.9 Å². The zero-order valence-electron chi connectivity index (χ0n) is 25.0. The Morgan fingerprint density at radius 2 is 1.42 bits per heavy atom. The maximum atomic E-state index is 14.8. The van der Waals surface area contributed by atoms with Crippen molar-refractivity contribution in [1.29, 1.82) is 0 Å². The predicted octanol–water partition coefficient (Wildman–Crippen LogP) is 6.14. The number of carbonyl (C=O) groups is 1. The van der Waals surface area contributed by atoms with E-state index in [1.165, 1.54) is 37.2 Å². The molecule has 0 aliphatic carbocycles. The molecule has 1 aromatic carbocycles. The van der Waals surface area contributed by atoms with E-state index in [1.807, 2.05) is 0 Å². The van der Waals surface area contributed by atoms with Crippen LogP contribution in [0.5, 0.6) is 0 Å². The highest BCUT2D eigenvalue weighted by Crippen LogP contribution is 2.55. The normalized spacial score (nSPS) is 17.4. The lowest BCUT2D eigenvalue weighted by Gasteiger charge is -2.56. The molecule has 0 saturated carbocycles. The molecule has 0 spiro atoms. The second kappa shape index (κ2) is 10.6. The van der Waals surface area contributed by atoms with Crippen LogP contribution in [0.25, 0.3) is 11.4 Å². The zero-order chi connectivity index (χ0) is 34.0. The van der Waals surface area contributed by atoms with Crippen LogP contribution in [-0.2, 0) is 21.6 Å². The maximum Gasteiger partial charge on any atom is 0.435 e. The molecule has 0 radical (unpaired) electrons. The fourth-order valence-electron chi connectivity index (χ4n) is 5.12. The number of carbonyl (C=O) groups excluding carboxylic acids is 1. The van der Waals surface area contributed by atoms with Crippen molar-refractivity contribution in [3.05, 3.63) is 65.3 Å². The van der Waals surface area contributed by atoms with E-state index >= 15 is 0 Å². The lowest BCUT2D eigenvalue weighted by atomic mass is 9.62. The van der Waals surface area contributed by atoms with Crippen molar-refractivity contribution in [2.75, 3.05) is 13.1 Å². The first-order valence-electron chi connectivity index (χ1n) is 13.5. The molecule has 4 rings (SSSR count). The van der Waals surface area contributed by atoms with Crippen molar-refractivity contribution in [2.45, 2.75) is 76.4 Å². The number of halogens is 7. The molecule has 16 heteroatoms. The molecule has 3 heterocycles. The molecule has 45 heavy (non-hydrogen) atoms. The van der Waals surface area contributed by atoms with Gasteiger partial charge in [0.05, 0.1) is 0 Å². The van der Waals surface area contributed by atoms with Gasteiger partial charge in [-0.05, 0) is 46.2 Å². The van der Waals surface area contributed by atoms with Crippen LogP contribution in [-0.4, -0.2) is 67.4 Å². The molecule has 3 aromatic rings. The molecule has 1 amide bonds. The number of benzene rings is 1. The van der Waals surface area contributed by atoms with Gasteiger partial charge in [-0.3, -0.25) is 4.98 Å². The molecular formula is C29H31F7N4O5. The molecule has 1 aliphatic heterocycles. The van der Waals surface area contributed by atoms with E-state index in [4.69, 9.17) is 9.26 Å². The summed E-state index contributed by atoms with van der Waals surface area (Å²) < 4.78 is 106. The fourth-order valence-corrected chi connectivity index (χ4v) is 5.12. The Morgan fingerprint density at radius 3 is 1.89 bits per heavy atom. The number of rotatable bonds is 6. The number of aliphatic hydroxyl groups is 2. The van der Waals surface area contributed by atoms with Crippen molar-refractivity contribution in [1.82, 2.24) is 20.0 Å². The highest BCUT2D eigenvalue weighted by atomic mass is 19.4. The number of ether oxygens (including phenoxy) is 1. The smallest absolute Gasteiger partial charge is 0.435 e. The summed E-state index contributed by atoms with van der Waals surface area (Å²) in [6.45, 7) is 8.96. The Morgan fingerprint density at radius 1 is 0.889 bits per heavy atom. The van der Waals surface area contributed by atoms with Gasteiger partial charge in [-0.2, -0.15) is 31.3 Å². The lowest BCUT2D eigenvalue weighted by Crippen LogP contribution is -2.66. The molecule has 9 nitrogen and oxygen atoms in total. The summed E-state index contributed by atoms with van der Waals surface area (Å²) in [5, 5.41) is 26.4. The number of hydrogen-bond donors (Lipinski definition) is 2. The van der Waals surface area contributed by atoms with Crippen LogP contribution >= 0.6 is 0 Å². The van der Waals surface area contributed by atoms with Crippen LogP contribution < -0.4 is 0 Å². The van der Waals surface area contributed by atoms with E-state index in [-0.39, 0.29) is 41.5 Å². The Bertz CT molecular complexity index is 1540. The lowest BCUT2D eigenvalue weighted by molar-refractivity contribution is -0.348. The Balaban J connectivity index is 1.83. The van der Waals surface area contributed by atoms with Gasteiger partial charge in [0, 0.05) is 47.6 Å². The van der Waals surface area contributed by atoms with Crippen molar-refractivity contribution >= 4 is 6.09 Å². The number of amides is 1. The molecule has 2 N–H and O–H groups in total. The summed E-state index contributed by atoms with van der Waals surface area (Å²) in [5.41, 5.74) is -13.4. The van der Waals surface area contributed by atoms with Gasteiger partial charge in [0.25, 0.3) is 5.89 Å². The summed E-state index contributed by atoms with van der Waals surface area (Å²) >= 11 is 0. The monoisotopic (exact) mass is 648 g/mol. The summed E-state index contributed by atoms with van der Waals surface area (Å²) in [6, 6.07) is 3.50. The van der Waals surface area contributed by atoms with Gasteiger partial charge in [-0.1, -0.05) is 36.3 Å². The van der Waals surface area contributed by atoms with Crippen molar-refractivity contribution in [2.24, 2.45) is 5.41 Å². The van der Waals surface area contributed by atoms with E-state index in [1.54, 1.807) is 27.7 Å². The van der Waals surface area contributed by atoms with Crippen LogP contribution in [0.2, 0.25) is 0 Å². The maximum absolute atomic E-state index is 14.8.